The SMILES string of the molecule is CCc1cn[nH]c1NS(=O)(=O)c1c(N)cc(Cl)cc1Cl. The third-order valence-corrected chi connectivity index (χ3v) is 4.74. The Morgan fingerprint density at radius 2 is 2.10 bits per heavy atom. The Morgan fingerprint density at radius 1 is 1.40 bits per heavy atom. The zero-order valence-electron chi connectivity index (χ0n) is 10.4. The van der Waals surface area contributed by atoms with Crippen molar-refractivity contribution in [1.82, 2.24) is 10.2 Å². The van der Waals surface area contributed by atoms with Gasteiger partial charge in [0, 0.05) is 10.6 Å². The number of aryl methyl sites for hydroxylation is 1. The Bertz CT molecular complexity index is 720. The molecule has 0 saturated heterocycles. The van der Waals surface area contributed by atoms with Crippen LogP contribution < -0.4 is 10.5 Å². The first-order chi connectivity index (χ1) is 9.35. The molecule has 9 heteroatoms. The number of aromatic nitrogens is 2. The maximum atomic E-state index is 12.4. The quantitative estimate of drug-likeness (QED) is 0.748. The van der Waals surface area contributed by atoms with Gasteiger partial charge in [0.1, 0.15) is 10.7 Å². The summed E-state index contributed by atoms with van der Waals surface area (Å²) in [5.41, 5.74) is 6.41. The fraction of sp³-hybridized carbons (Fsp3) is 0.182. The molecule has 0 aliphatic carbocycles. The molecule has 0 unspecified atom stereocenters. The molecule has 1 heterocycles. The molecule has 1 aromatic carbocycles. The maximum absolute atomic E-state index is 12.4. The van der Waals surface area contributed by atoms with Crippen LogP contribution in [0, 0.1) is 0 Å². The van der Waals surface area contributed by atoms with Gasteiger partial charge in [0.25, 0.3) is 10.0 Å². The standard InChI is InChI=1S/C11H12Cl2N4O2S/c1-2-6-5-15-16-11(6)17-20(18,19)10-8(13)3-7(12)4-9(10)14/h3-5H,2,14H2,1H3,(H2,15,16,17). The highest BCUT2D eigenvalue weighted by atomic mass is 35.5. The van der Waals surface area contributed by atoms with Crippen molar-refractivity contribution < 1.29 is 8.42 Å². The molecule has 4 N–H and O–H groups in total. The summed E-state index contributed by atoms with van der Waals surface area (Å²) in [6.45, 7) is 1.88. The molecule has 0 saturated carbocycles. The first kappa shape index (κ1) is 15.0. The Morgan fingerprint density at radius 3 is 2.70 bits per heavy atom. The van der Waals surface area contributed by atoms with Crippen molar-refractivity contribution in [3.05, 3.63) is 33.9 Å². The van der Waals surface area contributed by atoms with Gasteiger partial charge in [-0.2, -0.15) is 5.10 Å². The van der Waals surface area contributed by atoms with Gasteiger partial charge in [-0.05, 0) is 18.6 Å². The second-order valence-electron chi connectivity index (χ2n) is 4.04. The number of anilines is 2. The minimum absolute atomic E-state index is 0.0208. The van der Waals surface area contributed by atoms with E-state index in [-0.39, 0.29) is 26.4 Å². The second kappa shape index (κ2) is 5.51. The van der Waals surface area contributed by atoms with Gasteiger partial charge in [0.2, 0.25) is 0 Å². The van der Waals surface area contributed by atoms with Gasteiger partial charge in [-0.25, -0.2) is 8.42 Å². The number of rotatable bonds is 4. The number of hydrogen-bond acceptors (Lipinski definition) is 4. The molecule has 6 nitrogen and oxygen atoms in total. The smallest absolute Gasteiger partial charge is 0.266 e. The van der Waals surface area contributed by atoms with E-state index in [2.05, 4.69) is 14.9 Å². The number of nitrogens with one attached hydrogen (secondary N) is 2. The normalized spacial score (nSPS) is 11.6. The van der Waals surface area contributed by atoms with Crippen LogP contribution in [-0.4, -0.2) is 18.6 Å². The number of H-pyrrole nitrogens is 1. The van der Waals surface area contributed by atoms with Crippen LogP contribution in [0.4, 0.5) is 11.5 Å². The number of benzene rings is 1. The van der Waals surface area contributed by atoms with Crippen molar-refractivity contribution in [1.29, 1.82) is 0 Å². The molecule has 0 amide bonds. The van der Waals surface area contributed by atoms with Crippen molar-refractivity contribution in [2.24, 2.45) is 0 Å². The molecule has 20 heavy (non-hydrogen) atoms. The second-order valence-corrected chi connectivity index (χ2v) is 6.50. The van der Waals surface area contributed by atoms with Gasteiger partial charge in [-0.3, -0.25) is 9.82 Å². The van der Waals surface area contributed by atoms with E-state index < -0.39 is 10.0 Å². The lowest BCUT2D eigenvalue weighted by Gasteiger charge is -2.11. The largest absolute Gasteiger partial charge is 0.398 e. The van der Waals surface area contributed by atoms with Gasteiger partial charge in [-0.15, -0.1) is 0 Å². The third kappa shape index (κ3) is 2.84. The minimum Gasteiger partial charge on any atom is -0.398 e. The topological polar surface area (TPSA) is 101 Å². The molecule has 1 aromatic heterocycles. The van der Waals surface area contributed by atoms with E-state index in [4.69, 9.17) is 28.9 Å². The predicted octanol–water partition coefficient (Wildman–Crippen LogP) is 2.66. The van der Waals surface area contributed by atoms with Gasteiger partial charge in [0.15, 0.2) is 0 Å². The summed E-state index contributed by atoms with van der Waals surface area (Å²) in [5, 5.41) is 6.60. The number of nitrogens with zero attached hydrogens (tertiary/aromatic N) is 1. The summed E-state index contributed by atoms with van der Waals surface area (Å²) in [4.78, 5) is -0.208. The van der Waals surface area contributed by atoms with E-state index in [0.717, 1.165) is 5.56 Å². The number of nitrogen functional groups attached to an aromatic ring is 1. The van der Waals surface area contributed by atoms with E-state index >= 15 is 0 Å². The van der Waals surface area contributed by atoms with Gasteiger partial charge < -0.3 is 5.73 Å². The van der Waals surface area contributed by atoms with Crippen molar-refractivity contribution in [2.75, 3.05) is 10.5 Å². The molecule has 0 radical (unpaired) electrons. The summed E-state index contributed by atoms with van der Waals surface area (Å²) < 4.78 is 27.1. The molecule has 0 atom stereocenters. The molecule has 108 valence electrons. The van der Waals surface area contributed by atoms with Gasteiger partial charge in [0.05, 0.1) is 16.9 Å². The molecule has 0 fully saturated rings. The summed E-state index contributed by atoms with van der Waals surface area (Å²) in [7, 11) is -3.93. The average Bonchev–Trinajstić information content (AvgIpc) is 2.73. The third-order valence-electron chi connectivity index (χ3n) is 2.64. The van der Waals surface area contributed by atoms with Crippen LogP contribution in [0.25, 0.3) is 0 Å². The molecule has 0 spiro atoms. The van der Waals surface area contributed by atoms with E-state index in [1.165, 1.54) is 12.1 Å². The van der Waals surface area contributed by atoms with Crippen molar-refractivity contribution >= 4 is 44.7 Å². The lowest BCUT2D eigenvalue weighted by molar-refractivity contribution is 0.601. The fourth-order valence-electron chi connectivity index (χ4n) is 1.72. The molecule has 2 rings (SSSR count). The van der Waals surface area contributed by atoms with E-state index in [0.29, 0.717) is 6.42 Å². The van der Waals surface area contributed by atoms with Crippen LogP contribution >= 0.6 is 23.2 Å². The zero-order chi connectivity index (χ0) is 14.9. The van der Waals surface area contributed by atoms with Crippen molar-refractivity contribution in [3.63, 3.8) is 0 Å². The first-order valence-electron chi connectivity index (χ1n) is 5.64. The minimum atomic E-state index is -3.93. The van der Waals surface area contributed by atoms with Crippen molar-refractivity contribution in [3.8, 4) is 0 Å². The predicted molar refractivity (Wildman–Crippen MR) is 79.6 cm³/mol. The van der Waals surface area contributed by atoms with Crippen LogP contribution in [0.1, 0.15) is 12.5 Å². The van der Waals surface area contributed by atoms with Crippen LogP contribution in [0.5, 0.6) is 0 Å². The molecular formula is C11H12Cl2N4O2S. The van der Waals surface area contributed by atoms with E-state index in [9.17, 15) is 8.42 Å². The highest BCUT2D eigenvalue weighted by Gasteiger charge is 2.23. The van der Waals surface area contributed by atoms with Crippen LogP contribution in [0.15, 0.2) is 23.2 Å². The van der Waals surface area contributed by atoms with Crippen LogP contribution in [0.2, 0.25) is 10.0 Å². The maximum Gasteiger partial charge on any atom is 0.266 e. The molecule has 2 aromatic rings. The number of sulfonamides is 1. The first-order valence-corrected chi connectivity index (χ1v) is 7.88. The lowest BCUT2D eigenvalue weighted by Crippen LogP contribution is -2.16. The molecular weight excluding hydrogens is 323 g/mol. The summed E-state index contributed by atoms with van der Waals surface area (Å²) in [5.74, 6) is 0.290. The number of nitrogens with two attached hydrogens (primary N) is 1. The highest BCUT2D eigenvalue weighted by Crippen LogP contribution is 2.32. The monoisotopic (exact) mass is 334 g/mol. The van der Waals surface area contributed by atoms with Crippen LogP contribution in [0.3, 0.4) is 0 Å². The Hall–Kier alpha value is -1.44. The summed E-state index contributed by atoms with van der Waals surface area (Å²) in [6.07, 6.45) is 2.17. The zero-order valence-corrected chi connectivity index (χ0v) is 12.8. The lowest BCUT2D eigenvalue weighted by atomic mass is 10.3. The Balaban J connectivity index is 2.46. The molecule has 0 bridgehead atoms. The number of halogens is 2. The Kier molecular flexibility index (Phi) is 4.12. The van der Waals surface area contributed by atoms with Gasteiger partial charge >= 0.3 is 0 Å². The molecule has 0 aliphatic heterocycles. The Labute approximate surface area is 126 Å². The summed E-state index contributed by atoms with van der Waals surface area (Å²) >= 11 is 11.7. The highest BCUT2D eigenvalue weighted by molar-refractivity contribution is 7.93. The molecule has 0 aliphatic rings. The summed E-state index contributed by atoms with van der Waals surface area (Å²) in [6, 6.07) is 2.65. The van der Waals surface area contributed by atoms with E-state index in [1.807, 2.05) is 6.92 Å². The van der Waals surface area contributed by atoms with Crippen LogP contribution in [-0.2, 0) is 16.4 Å². The van der Waals surface area contributed by atoms with E-state index in [1.54, 1.807) is 6.20 Å². The average molecular weight is 335 g/mol. The fourth-order valence-corrected chi connectivity index (χ4v) is 3.76. The number of aromatic amines is 1. The number of hydrogen-bond donors (Lipinski definition) is 3. The van der Waals surface area contributed by atoms with Gasteiger partial charge in [-0.1, -0.05) is 30.1 Å². The van der Waals surface area contributed by atoms with Crippen molar-refractivity contribution in [2.45, 2.75) is 18.2 Å².